The fourth-order valence-corrected chi connectivity index (χ4v) is 1.18. The smallest absolute Gasteiger partial charge is 0.271 e. The van der Waals surface area contributed by atoms with Crippen LogP contribution in [0.15, 0.2) is 23.4 Å². The number of carbonyl (C=O) groups is 1. The first kappa shape index (κ1) is 9.90. The number of aromatic amines is 1. The van der Waals surface area contributed by atoms with Crippen molar-refractivity contribution in [3.8, 4) is 5.82 Å². The third-order valence-electron chi connectivity index (χ3n) is 1.87. The molecule has 16 heavy (non-hydrogen) atoms. The van der Waals surface area contributed by atoms with Gasteiger partial charge < -0.3 is 16.5 Å². The lowest BCUT2D eigenvalue weighted by molar-refractivity contribution is 0.0996. The third-order valence-corrected chi connectivity index (χ3v) is 1.87. The number of carbonyl (C=O) groups excluding carboxylic acids is 1. The minimum Gasteiger partial charge on any atom is -0.396 e. The molecule has 0 aliphatic rings. The van der Waals surface area contributed by atoms with Crippen molar-refractivity contribution in [2.45, 2.75) is 0 Å². The van der Waals surface area contributed by atoms with Crippen LogP contribution in [-0.4, -0.2) is 25.7 Å². The lowest BCUT2D eigenvalue weighted by atomic mass is 10.4. The largest absolute Gasteiger partial charge is 0.396 e. The number of nitrogens with one attached hydrogen (secondary N) is 1. The van der Waals surface area contributed by atoms with Crippen LogP contribution in [0.25, 0.3) is 5.82 Å². The van der Waals surface area contributed by atoms with E-state index in [-0.39, 0.29) is 22.8 Å². The molecule has 0 aliphatic heterocycles. The maximum absolute atomic E-state index is 11.0. The van der Waals surface area contributed by atoms with Crippen molar-refractivity contribution in [2.24, 2.45) is 5.73 Å². The number of aromatic nitrogens is 4. The van der Waals surface area contributed by atoms with Gasteiger partial charge in [0.2, 0.25) is 0 Å². The number of amides is 1. The summed E-state index contributed by atoms with van der Waals surface area (Å²) < 4.78 is 1.21. The van der Waals surface area contributed by atoms with Crippen LogP contribution in [0.4, 0.5) is 5.69 Å². The van der Waals surface area contributed by atoms with Gasteiger partial charge in [0.15, 0.2) is 11.5 Å². The average Bonchev–Trinajstić information content (AvgIpc) is 2.60. The Morgan fingerprint density at radius 1 is 1.50 bits per heavy atom. The maximum atomic E-state index is 11.0. The number of anilines is 1. The van der Waals surface area contributed by atoms with Crippen LogP contribution in [0, 0.1) is 0 Å². The minimum atomic E-state index is -0.735. The van der Waals surface area contributed by atoms with Crippen molar-refractivity contribution in [3.05, 3.63) is 34.6 Å². The second-order valence-corrected chi connectivity index (χ2v) is 3.01. The Morgan fingerprint density at radius 2 is 2.25 bits per heavy atom. The summed E-state index contributed by atoms with van der Waals surface area (Å²) in [5.41, 5.74) is 10.3. The zero-order valence-corrected chi connectivity index (χ0v) is 8.04. The molecule has 5 N–H and O–H groups in total. The zero-order chi connectivity index (χ0) is 11.7. The van der Waals surface area contributed by atoms with Gasteiger partial charge in [-0.15, -0.1) is 0 Å². The van der Waals surface area contributed by atoms with Gasteiger partial charge in [0.25, 0.3) is 11.5 Å². The molecule has 82 valence electrons. The van der Waals surface area contributed by atoms with E-state index in [1.165, 1.54) is 23.3 Å². The van der Waals surface area contributed by atoms with Gasteiger partial charge >= 0.3 is 0 Å². The van der Waals surface area contributed by atoms with Crippen LogP contribution in [0.2, 0.25) is 0 Å². The predicted octanol–water partition coefficient (Wildman–Crippen LogP) is -1.36. The first-order valence-corrected chi connectivity index (χ1v) is 4.28. The third kappa shape index (κ3) is 1.63. The van der Waals surface area contributed by atoms with Crippen LogP contribution in [-0.2, 0) is 0 Å². The van der Waals surface area contributed by atoms with Gasteiger partial charge in [-0.05, 0) is 0 Å². The Morgan fingerprint density at radius 3 is 2.81 bits per heavy atom. The first-order chi connectivity index (χ1) is 7.58. The molecular weight excluding hydrogens is 212 g/mol. The van der Waals surface area contributed by atoms with Crippen molar-refractivity contribution in [1.82, 2.24) is 19.7 Å². The molecular formula is C8H8N6O2. The van der Waals surface area contributed by atoms with Crippen LogP contribution >= 0.6 is 0 Å². The quantitative estimate of drug-likeness (QED) is 0.574. The predicted molar refractivity (Wildman–Crippen MR) is 54.9 cm³/mol. The molecule has 0 fully saturated rings. The van der Waals surface area contributed by atoms with Crippen molar-refractivity contribution in [1.29, 1.82) is 0 Å². The lowest BCUT2D eigenvalue weighted by Crippen LogP contribution is -2.14. The van der Waals surface area contributed by atoms with Crippen molar-refractivity contribution >= 4 is 11.6 Å². The molecule has 0 saturated carbocycles. The van der Waals surface area contributed by atoms with Gasteiger partial charge in [-0.2, -0.15) is 5.10 Å². The number of hydrogen-bond donors (Lipinski definition) is 3. The van der Waals surface area contributed by atoms with Crippen LogP contribution in [0.3, 0.4) is 0 Å². The Labute approximate surface area is 88.9 Å². The van der Waals surface area contributed by atoms with Gasteiger partial charge in [-0.1, -0.05) is 0 Å². The normalized spacial score (nSPS) is 10.2. The SMILES string of the molecule is NC(=O)c1nn(-c2cc(=O)[nH]cn2)cc1N. The fourth-order valence-electron chi connectivity index (χ4n) is 1.18. The number of H-pyrrole nitrogens is 1. The summed E-state index contributed by atoms with van der Waals surface area (Å²) in [7, 11) is 0. The molecule has 0 atom stereocenters. The highest BCUT2D eigenvalue weighted by atomic mass is 16.1. The molecule has 8 heteroatoms. The fraction of sp³-hybridized carbons (Fsp3) is 0. The Bertz CT molecular complexity index is 599. The van der Waals surface area contributed by atoms with Crippen LogP contribution < -0.4 is 17.0 Å². The van der Waals surface area contributed by atoms with Crippen molar-refractivity contribution < 1.29 is 4.79 Å². The van der Waals surface area contributed by atoms with Gasteiger partial charge in [-0.3, -0.25) is 9.59 Å². The van der Waals surface area contributed by atoms with E-state index >= 15 is 0 Å². The molecule has 0 bridgehead atoms. The number of hydrogen-bond acceptors (Lipinski definition) is 5. The molecule has 0 aliphatic carbocycles. The summed E-state index contributed by atoms with van der Waals surface area (Å²) in [5, 5.41) is 3.82. The number of rotatable bonds is 2. The Balaban J connectivity index is 2.53. The Kier molecular flexibility index (Phi) is 2.16. The van der Waals surface area contributed by atoms with Gasteiger partial charge in [0.1, 0.15) is 0 Å². The maximum Gasteiger partial charge on any atom is 0.271 e. The summed E-state index contributed by atoms with van der Waals surface area (Å²) in [5.74, 6) is -0.482. The van der Waals surface area contributed by atoms with E-state index < -0.39 is 5.91 Å². The highest BCUT2D eigenvalue weighted by molar-refractivity contribution is 5.95. The van der Waals surface area contributed by atoms with E-state index in [2.05, 4.69) is 15.1 Å². The molecule has 8 nitrogen and oxygen atoms in total. The number of nitrogens with zero attached hydrogens (tertiary/aromatic N) is 3. The van der Waals surface area contributed by atoms with Gasteiger partial charge in [0.05, 0.1) is 18.2 Å². The molecule has 0 spiro atoms. The standard InChI is InChI=1S/C8H8N6O2/c9-4-2-14(13-7(4)8(10)16)5-1-6(15)12-3-11-5/h1-3H,9H2,(H2,10,16)(H,11,12,15). The summed E-state index contributed by atoms with van der Waals surface area (Å²) >= 11 is 0. The topological polar surface area (TPSA) is 133 Å². The second kappa shape index (κ2) is 3.50. The van der Waals surface area contributed by atoms with E-state index in [4.69, 9.17) is 11.5 Å². The molecule has 0 unspecified atom stereocenters. The molecule has 2 aromatic rings. The highest BCUT2D eigenvalue weighted by Gasteiger charge is 2.12. The Hall–Kier alpha value is -2.64. The van der Waals surface area contributed by atoms with Crippen LogP contribution in [0.5, 0.6) is 0 Å². The zero-order valence-electron chi connectivity index (χ0n) is 8.04. The number of nitrogens with two attached hydrogens (primary N) is 2. The minimum absolute atomic E-state index is 0.0536. The summed E-state index contributed by atoms with van der Waals surface area (Å²) in [6, 6.07) is 1.22. The first-order valence-electron chi connectivity index (χ1n) is 4.28. The van der Waals surface area contributed by atoms with Crippen molar-refractivity contribution in [2.75, 3.05) is 5.73 Å². The molecule has 2 aromatic heterocycles. The molecule has 0 radical (unpaired) electrons. The summed E-state index contributed by atoms with van der Waals surface area (Å²) in [4.78, 5) is 28.2. The summed E-state index contributed by atoms with van der Waals surface area (Å²) in [6.45, 7) is 0. The second-order valence-electron chi connectivity index (χ2n) is 3.01. The van der Waals surface area contributed by atoms with Crippen molar-refractivity contribution in [3.63, 3.8) is 0 Å². The number of primary amides is 1. The van der Waals surface area contributed by atoms with Gasteiger partial charge in [0, 0.05) is 6.07 Å². The number of nitrogen functional groups attached to an aromatic ring is 1. The molecule has 2 heterocycles. The molecule has 1 amide bonds. The molecule has 0 saturated heterocycles. The summed E-state index contributed by atoms with van der Waals surface area (Å²) in [6.07, 6.45) is 2.58. The average molecular weight is 220 g/mol. The van der Waals surface area contributed by atoms with E-state index in [9.17, 15) is 9.59 Å². The lowest BCUT2D eigenvalue weighted by Gasteiger charge is -1.96. The van der Waals surface area contributed by atoms with E-state index in [1.807, 2.05) is 0 Å². The van der Waals surface area contributed by atoms with E-state index in [0.717, 1.165) is 0 Å². The highest BCUT2D eigenvalue weighted by Crippen LogP contribution is 2.10. The van der Waals surface area contributed by atoms with Gasteiger partial charge in [-0.25, -0.2) is 9.67 Å². The van der Waals surface area contributed by atoms with E-state index in [0.29, 0.717) is 0 Å². The van der Waals surface area contributed by atoms with E-state index in [1.54, 1.807) is 0 Å². The molecule has 0 aromatic carbocycles. The monoisotopic (exact) mass is 220 g/mol. The molecule has 2 rings (SSSR count). The van der Waals surface area contributed by atoms with Crippen LogP contribution in [0.1, 0.15) is 10.5 Å².